The van der Waals surface area contributed by atoms with Gasteiger partial charge < -0.3 is 0 Å². The largest absolute Gasteiger partial charge is 0.0955 e. The molecular formula is C16H18. The third kappa shape index (κ3) is 2.60. The minimum atomic E-state index is 0.979. The summed E-state index contributed by atoms with van der Waals surface area (Å²) < 4.78 is 0. The van der Waals surface area contributed by atoms with Crippen molar-refractivity contribution in [1.82, 2.24) is 0 Å². The molecule has 0 atom stereocenters. The zero-order chi connectivity index (χ0) is 12.3. The van der Waals surface area contributed by atoms with Gasteiger partial charge in [-0.25, -0.2) is 0 Å². The molecule has 0 aromatic heterocycles. The van der Waals surface area contributed by atoms with E-state index in [1.54, 1.807) is 0 Å². The molecule has 16 heavy (non-hydrogen) atoms. The number of benzene rings is 1. The summed E-state index contributed by atoms with van der Waals surface area (Å²) in [4.78, 5) is 0. The number of allylic oxidation sites excluding steroid dienone is 4. The van der Waals surface area contributed by atoms with Gasteiger partial charge in [0, 0.05) is 0 Å². The first kappa shape index (κ1) is 12.3. The molecule has 0 spiro atoms. The quantitative estimate of drug-likeness (QED) is 0.622. The highest BCUT2D eigenvalue weighted by atomic mass is 14.1. The second kappa shape index (κ2) is 4.80. The van der Waals surface area contributed by atoms with E-state index < -0.39 is 0 Å². The third-order valence-electron chi connectivity index (χ3n) is 2.61. The minimum Gasteiger partial charge on any atom is -0.0955 e. The van der Waals surface area contributed by atoms with Crippen molar-refractivity contribution in [3.8, 4) is 0 Å². The number of hydrogen-bond donors (Lipinski definition) is 0. The van der Waals surface area contributed by atoms with Crippen LogP contribution in [0.1, 0.15) is 25.0 Å². The molecule has 82 valence electrons. The molecule has 0 heteroatoms. The van der Waals surface area contributed by atoms with Crippen LogP contribution in [0.3, 0.4) is 0 Å². The van der Waals surface area contributed by atoms with Crippen LogP contribution in [0, 0.1) is 0 Å². The van der Waals surface area contributed by atoms with E-state index in [9.17, 15) is 0 Å². The lowest BCUT2D eigenvalue weighted by Gasteiger charge is -2.08. The fourth-order valence-corrected chi connectivity index (χ4v) is 1.37. The Labute approximate surface area is 98.3 Å². The Hall–Kier alpha value is -1.82. The number of rotatable bonds is 4. The fourth-order valence-electron chi connectivity index (χ4n) is 1.37. The number of hydrogen-bond acceptors (Lipinski definition) is 0. The Morgan fingerprint density at radius 3 is 1.12 bits per heavy atom. The standard InChI is InChI=1S/C16H18/c1-11(2)13(5)15-7-9-16(10-8-15)14(6)12(3)4/h7-10H,1,3,5-6H2,2,4H3. The summed E-state index contributed by atoms with van der Waals surface area (Å²) in [7, 11) is 0. The molecule has 0 aliphatic rings. The zero-order valence-corrected chi connectivity index (χ0v) is 10.1. The van der Waals surface area contributed by atoms with Gasteiger partial charge in [-0.2, -0.15) is 0 Å². The molecule has 0 aliphatic carbocycles. The van der Waals surface area contributed by atoms with Gasteiger partial charge in [-0.1, -0.05) is 61.7 Å². The van der Waals surface area contributed by atoms with Gasteiger partial charge in [-0.05, 0) is 36.1 Å². The predicted molar refractivity (Wildman–Crippen MR) is 74.1 cm³/mol. The smallest absolute Gasteiger partial charge is 0.0187 e. The molecule has 1 rings (SSSR count). The molecular weight excluding hydrogens is 192 g/mol. The Bertz CT molecular complexity index is 410. The normalized spacial score (nSPS) is 9.62. The van der Waals surface area contributed by atoms with Crippen molar-refractivity contribution in [1.29, 1.82) is 0 Å². The Morgan fingerprint density at radius 1 is 0.688 bits per heavy atom. The second-order valence-corrected chi connectivity index (χ2v) is 4.10. The minimum absolute atomic E-state index is 0.979. The van der Waals surface area contributed by atoms with Crippen LogP contribution in [0.25, 0.3) is 11.1 Å². The highest BCUT2D eigenvalue weighted by molar-refractivity contribution is 5.79. The van der Waals surface area contributed by atoms with Crippen molar-refractivity contribution in [3.05, 3.63) is 72.9 Å². The molecule has 1 aromatic carbocycles. The summed E-state index contributed by atoms with van der Waals surface area (Å²) in [5, 5.41) is 0. The van der Waals surface area contributed by atoms with E-state index >= 15 is 0 Å². The van der Waals surface area contributed by atoms with Gasteiger partial charge in [0.05, 0.1) is 0 Å². The molecule has 0 bridgehead atoms. The molecule has 0 saturated heterocycles. The van der Waals surface area contributed by atoms with Crippen LogP contribution in [0.15, 0.2) is 61.7 Å². The zero-order valence-electron chi connectivity index (χ0n) is 10.1. The van der Waals surface area contributed by atoms with E-state index in [1.807, 2.05) is 38.1 Å². The van der Waals surface area contributed by atoms with Crippen LogP contribution >= 0.6 is 0 Å². The first-order valence-electron chi connectivity index (χ1n) is 5.24. The van der Waals surface area contributed by atoms with Crippen LogP contribution in [0.2, 0.25) is 0 Å². The third-order valence-corrected chi connectivity index (χ3v) is 2.61. The molecule has 0 unspecified atom stereocenters. The van der Waals surface area contributed by atoms with Crippen molar-refractivity contribution in [2.45, 2.75) is 13.8 Å². The van der Waals surface area contributed by atoms with E-state index in [0.29, 0.717) is 0 Å². The van der Waals surface area contributed by atoms with Crippen molar-refractivity contribution < 1.29 is 0 Å². The molecule has 1 aromatic rings. The van der Waals surface area contributed by atoms with Crippen LogP contribution in [-0.2, 0) is 0 Å². The maximum atomic E-state index is 3.99. The van der Waals surface area contributed by atoms with Crippen molar-refractivity contribution in [3.63, 3.8) is 0 Å². The van der Waals surface area contributed by atoms with Crippen LogP contribution in [0.5, 0.6) is 0 Å². The Morgan fingerprint density at radius 2 is 0.938 bits per heavy atom. The summed E-state index contributed by atoms with van der Waals surface area (Å²) >= 11 is 0. The predicted octanol–water partition coefficient (Wildman–Crippen LogP) is 4.87. The topological polar surface area (TPSA) is 0 Å². The molecule has 0 radical (unpaired) electrons. The molecule has 0 fully saturated rings. The maximum absolute atomic E-state index is 3.99. The van der Waals surface area contributed by atoms with Crippen LogP contribution in [-0.4, -0.2) is 0 Å². The molecule has 0 saturated carbocycles. The van der Waals surface area contributed by atoms with E-state index in [0.717, 1.165) is 33.4 Å². The first-order valence-corrected chi connectivity index (χ1v) is 5.24. The SMILES string of the molecule is C=C(C)C(=C)c1ccc(C(=C)C(=C)C)cc1. The van der Waals surface area contributed by atoms with Crippen molar-refractivity contribution in [2.24, 2.45) is 0 Å². The van der Waals surface area contributed by atoms with E-state index in [1.165, 1.54) is 0 Å². The van der Waals surface area contributed by atoms with Gasteiger partial charge in [0.1, 0.15) is 0 Å². The van der Waals surface area contributed by atoms with E-state index in [2.05, 4.69) is 26.3 Å². The van der Waals surface area contributed by atoms with Gasteiger partial charge >= 0.3 is 0 Å². The highest BCUT2D eigenvalue weighted by Crippen LogP contribution is 2.24. The average Bonchev–Trinajstić information content (AvgIpc) is 2.27. The van der Waals surface area contributed by atoms with Crippen molar-refractivity contribution in [2.75, 3.05) is 0 Å². The van der Waals surface area contributed by atoms with Gasteiger partial charge in [-0.3, -0.25) is 0 Å². The summed E-state index contributed by atoms with van der Waals surface area (Å²) in [6, 6.07) is 8.17. The van der Waals surface area contributed by atoms with Gasteiger partial charge in [0.25, 0.3) is 0 Å². The molecule has 0 aliphatic heterocycles. The molecule has 0 N–H and O–H groups in total. The summed E-state index contributed by atoms with van der Waals surface area (Å²) in [5.41, 5.74) is 6.15. The second-order valence-electron chi connectivity index (χ2n) is 4.10. The lowest BCUT2D eigenvalue weighted by molar-refractivity contribution is 1.49. The molecule has 0 amide bonds. The summed E-state index contributed by atoms with van der Waals surface area (Å²) in [6.07, 6.45) is 0. The average molecular weight is 210 g/mol. The highest BCUT2D eigenvalue weighted by Gasteiger charge is 2.02. The van der Waals surface area contributed by atoms with E-state index in [-0.39, 0.29) is 0 Å². The Balaban J connectivity index is 3.00. The van der Waals surface area contributed by atoms with Crippen LogP contribution in [0.4, 0.5) is 0 Å². The maximum Gasteiger partial charge on any atom is -0.0187 e. The van der Waals surface area contributed by atoms with Gasteiger partial charge in [0.15, 0.2) is 0 Å². The summed E-state index contributed by atoms with van der Waals surface area (Å²) in [6.45, 7) is 19.7. The Kier molecular flexibility index (Phi) is 3.68. The van der Waals surface area contributed by atoms with Crippen molar-refractivity contribution >= 4 is 11.1 Å². The van der Waals surface area contributed by atoms with Crippen LogP contribution < -0.4 is 0 Å². The van der Waals surface area contributed by atoms with Gasteiger partial charge in [-0.15, -0.1) is 0 Å². The molecule has 0 heterocycles. The summed E-state index contributed by atoms with van der Waals surface area (Å²) in [5.74, 6) is 0. The van der Waals surface area contributed by atoms with E-state index in [4.69, 9.17) is 0 Å². The first-order chi connectivity index (χ1) is 7.43. The molecule has 0 nitrogen and oxygen atoms in total. The lowest BCUT2D eigenvalue weighted by atomic mass is 9.97. The monoisotopic (exact) mass is 210 g/mol. The fraction of sp³-hybridized carbons (Fsp3) is 0.125. The lowest BCUT2D eigenvalue weighted by Crippen LogP contribution is -1.87. The van der Waals surface area contributed by atoms with Gasteiger partial charge in [0.2, 0.25) is 0 Å².